The molecule has 1 saturated carbocycles. The van der Waals surface area contributed by atoms with Crippen molar-refractivity contribution in [2.45, 2.75) is 83.3 Å². The second-order valence-electron chi connectivity index (χ2n) is 10.4. The Morgan fingerprint density at radius 1 is 1.06 bits per heavy atom. The Morgan fingerprint density at radius 2 is 1.85 bits per heavy atom. The van der Waals surface area contributed by atoms with Crippen molar-refractivity contribution in [3.05, 3.63) is 0 Å². The van der Waals surface area contributed by atoms with Gasteiger partial charge >= 0.3 is 5.97 Å². The predicted molar refractivity (Wildman–Crippen MR) is 113 cm³/mol. The number of hydrogen-bond donors (Lipinski definition) is 1. The molecular formula is C23H36N2O8. The largest absolute Gasteiger partial charge is 0.435 e. The molecule has 1 aliphatic carbocycles. The highest BCUT2D eigenvalue weighted by molar-refractivity contribution is 5.80. The molecule has 6 fully saturated rings. The fraction of sp³-hybridized carbons (Fsp3) is 0.913. The van der Waals surface area contributed by atoms with Gasteiger partial charge in [-0.2, -0.15) is 0 Å². The minimum Gasteiger partial charge on any atom is -0.435 e. The average Bonchev–Trinajstić information content (AvgIpc) is 3.02. The minimum atomic E-state index is -0.871. The number of esters is 1. The molecule has 0 aromatic rings. The Kier molecular flexibility index (Phi) is 6.43. The van der Waals surface area contributed by atoms with Gasteiger partial charge in [-0.15, -0.1) is 0 Å². The first-order chi connectivity index (χ1) is 15.8. The molecule has 10 heteroatoms. The van der Waals surface area contributed by atoms with Crippen LogP contribution in [0.25, 0.3) is 0 Å². The van der Waals surface area contributed by atoms with Crippen molar-refractivity contribution in [2.75, 3.05) is 26.3 Å². The van der Waals surface area contributed by atoms with Crippen molar-refractivity contribution in [2.24, 2.45) is 23.7 Å². The summed E-state index contributed by atoms with van der Waals surface area (Å²) in [7, 11) is 0. The summed E-state index contributed by atoms with van der Waals surface area (Å²) in [5, 5.41) is 1.81. The number of rotatable bonds is 5. The first-order valence-electron chi connectivity index (χ1n) is 12.3. The van der Waals surface area contributed by atoms with Crippen LogP contribution < -0.4 is 5.43 Å². The van der Waals surface area contributed by atoms with Gasteiger partial charge in [0.05, 0.1) is 19.6 Å². The van der Waals surface area contributed by atoms with Crippen LogP contribution in [0, 0.1) is 23.7 Å². The predicted octanol–water partition coefficient (Wildman–Crippen LogP) is 1.88. The van der Waals surface area contributed by atoms with E-state index in [2.05, 4.69) is 12.3 Å². The van der Waals surface area contributed by atoms with E-state index in [1.54, 1.807) is 0 Å². The molecule has 5 saturated heterocycles. The van der Waals surface area contributed by atoms with Gasteiger partial charge in [0.15, 0.2) is 11.9 Å². The maximum Gasteiger partial charge on any atom is 0.308 e. The van der Waals surface area contributed by atoms with E-state index in [1.165, 1.54) is 0 Å². The standard InChI is InChI=1S/C23H36N2O8/c1-14-4-5-17-15(2)20(29-19(27)7-6-18(26)24-25-10-12-28-13-11-25)30-21-23(17)16(14)8-9-22(3,31-21)32-33-23/h14-17,20-21H,4-13H2,1-3H3,(H,24,26)/t14-,15-,16-,17-,20-,21-,22-,23-/m1/s1. The number of amides is 1. The maximum atomic E-state index is 12.6. The average molecular weight is 469 g/mol. The molecule has 0 unspecified atom stereocenters. The fourth-order valence-electron chi connectivity index (χ4n) is 6.32. The van der Waals surface area contributed by atoms with E-state index >= 15 is 0 Å². The zero-order valence-corrected chi connectivity index (χ0v) is 19.7. The van der Waals surface area contributed by atoms with Crippen molar-refractivity contribution >= 4 is 11.9 Å². The first-order valence-corrected chi connectivity index (χ1v) is 12.3. The number of morpholine rings is 1. The Labute approximate surface area is 194 Å². The molecule has 5 aliphatic heterocycles. The number of nitrogens with one attached hydrogen (secondary N) is 1. The van der Waals surface area contributed by atoms with E-state index in [1.807, 2.05) is 18.9 Å². The van der Waals surface area contributed by atoms with E-state index in [9.17, 15) is 9.59 Å². The number of nitrogens with zero attached hydrogens (tertiary/aromatic N) is 1. The molecule has 1 N–H and O–H groups in total. The van der Waals surface area contributed by atoms with Crippen LogP contribution >= 0.6 is 0 Å². The lowest BCUT2D eigenvalue weighted by Crippen LogP contribution is -2.70. The van der Waals surface area contributed by atoms with Crippen LogP contribution in [-0.2, 0) is 38.3 Å². The van der Waals surface area contributed by atoms with Crippen molar-refractivity contribution in [1.29, 1.82) is 0 Å². The van der Waals surface area contributed by atoms with Crippen molar-refractivity contribution in [1.82, 2.24) is 10.4 Å². The SMILES string of the molecule is C[C@H]1[C@H](OC(=O)CCC(=O)NN2CCOCC2)O[C@@H]2O[C@@]3(C)CC[C@@H]4[C@H](C)CC[C@H]1[C@@]24OO3. The molecule has 0 aromatic heterocycles. The zero-order valence-electron chi connectivity index (χ0n) is 19.7. The van der Waals surface area contributed by atoms with E-state index < -0.39 is 29.9 Å². The molecule has 1 spiro atoms. The smallest absolute Gasteiger partial charge is 0.308 e. The summed E-state index contributed by atoms with van der Waals surface area (Å²) in [6.45, 7) is 8.60. The van der Waals surface area contributed by atoms with E-state index in [-0.39, 0.29) is 36.5 Å². The van der Waals surface area contributed by atoms with Crippen molar-refractivity contribution in [3.8, 4) is 0 Å². The molecular weight excluding hydrogens is 432 g/mol. The Hall–Kier alpha value is -1.30. The normalized spacial score (nSPS) is 45.1. The lowest BCUT2D eigenvalue weighted by Gasteiger charge is -2.59. The number of hydrogen-bond acceptors (Lipinski definition) is 9. The van der Waals surface area contributed by atoms with Crippen molar-refractivity contribution in [3.63, 3.8) is 0 Å². The Bertz CT molecular complexity index is 761. The molecule has 1 amide bonds. The number of ether oxygens (including phenoxy) is 4. The summed E-state index contributed by atoms with van der Waals surface area (Å²) in [6, 6.07) is 0. The van der Waals surface area contributed by atoms with Crippen LogP contribution in [0.1, 0.15) is 59.3 Å². The highest BCUT2D eigenvalue weighted by Crippen LogP contribution is 2.60. The van der Waals surface area contributed by atoms with Gasteiger partial charge < -0.3 is 18.9 Å². The van der Waals surface area contributed by atoms with Crippen LogP contribution in [0.3, 0.4) is 0 Å². The molecule has 10 nitrogen and oxygen atoms in total. The van der Waals surface area contributed by atoms with Crippen LogP contribution in [0.15, 0.2) is 0 Å². The number of carbonyl (C=O) groups excluding carboxylic acids is 2. The highest BCUT2D eigenvalue weighted by atomic mass is 17.3. The molecule has 6 aliphatic rings. The molecule has 8 atom stereocenters. The quantitative estimate of drug-likeness (QED) is 0.478. The number of fused-ring (bicyclic) bond motifs is 2. The topological polar surface area (TPSA) is 105 Å². The van der Waals surface area contributed by atoms with Gasteiger partial charge in [0.25, 0.3) is 0 Å². The Morgan fingerprint density at radius 3 is 2.64 bits per heavy atom. The summed E-state index contributed by atoms with van der Waals surface area (Å²) in [5.74, 6) is -0.811. The molecule has 2 bridgehead atoms. The van der Waals surface area contributed by atoms with Gasteiger partial charge in [0.2, 0.25) is 18.0 Å². The van der Waals surface area contributed by atoms with Crippen LogP contribution in [0.2, 0.25) is 0 Å². The van der Waals surface area contributed by atoms with Crippen LogP contribution in [0.5, 0.6) is 0 Å². The molecule has 0 aromatic carbocycles. The molecule has 6 rings (SSSR count). The summed E-state index contributed by atoms with van der Waals surface area (Å²) in [5.41, 5.74) is 2.12. The highest BCUT2D eigenvalue weighted by Gasteiger charge is 2.69. The Balaban J connectivity index is 1.22. The third kappa shape index (κ3) is 4.30. The second kappa shape index (κ2) is 9.05. The number of hydrazine groups is 1. The van der Waals surface area contributed by atoms with Crippen LogP contribution in [-0.4, -0.2) is 67.2 Å². The summed E-state index contributed by atoms with van der Waals surface area (Å²) < 4.78 is 23.6. The first kappa shape index (κ1) is 23.4. The van der Waals surface area contributed by atoms with E-state index in [0.717, 1.165) is 25.7 Å². The van der Waals surface area contributed by atoms with Gasteiger partial charge in [-0.1, -0.05) is 13.8 Å². The second-order valence-corrected chi connectivity index (χ2v) is 10.4. The summed E-state index contributed by atoms with van der Waals surface area (Å²) >= 11 is 0. The van der Waals surface area contributed by atoms with E-state index in [0.29, 0.717) is 32.2 Å². The molecule has 5 heterocycles. The monoisotopic (exact) mass is 468 g/mol. The van der Waals surface area contributed by atoms with Gasteiger partial charge in [0, 0.05) is 37.8 Å². The van der Waals surface area contributed by atoms with Crippen molar-refractivity contribution < 1.29 is 38.3 Å². The van der Waals surface area contributed by atoms with Gasteiger partial charge in [-0.3, -0.25) is 15.0 Å². The summed E-state index contributed by atoms with van der Waals surface area (Å²) in [6.07, 6.45) is 2.32. The van der Waals surface area contributed by atoms with Crippen LogP contribution in [0.4, 0.5) is 0 Å². The lowest BCUT2D eigenvalue weighted by molar-refractivity contribution is -0.576. The van der Waals surface area contributed by atoms with Gasteiger partial charge in [-0.05, 0) is 38.0 Å². The zero-order chi connectivity index (χ0) is 23.2. The van der Waals surface area contributed by atoms with Gasteiger partial charge in [-0.25, -0.2) is 14.8 Å². The number of carbonyl (C=O) groups is 2. The molecule has 0 radical (unpaired) electrons. The lowest BCUT2D eigenvalue weighted by atomic mass is 9.58. The third-order valence-electron chi connectivity index (χ3n) is 8.19. The maximum absolute atomic E-state index is 12.6. The third-order valence-corrected chi connectivity index (χ3v) is 8.19. The summed E-state index contributed by atoms with van der Waals surface area (Å²) in [4.78, 5) is 36.7. The minimum absolute atomic E-state index is 0.0128. The molecule has 186 valence electrons. The molecule has 33 heavy (non-hydrogen) atoms. The van der Waals surface area contributed by atoms with E-state index in [4.69, 9.17) is 28.7 Å². The fourth-order valence-corrected chi connectivity index (χ4v) is 6.32. The van der Waals surface area contributed by atoms with Gasteiger partial charge in [0.1, 0.15) is 0 Å².